The van der Waals surface area contributed by atoms with E-state index in [2.05, 4.69) is 0 Å². The van der Waals surface area contributed by atoms with Crippen LogP contribution in [-0.4, -0.2) is 23.4 Å². The fourth-order valence-corrected chi connectivity index (χ4v) is 0. The average molecular weight is 71.9 g/mol. The lowest BCUT2D eigenvalue weighted by molar-refractivity contribution is 0.275. The van der Waals surface area contributed by atoms with Gasteiger partial charge in [-0.15, -0.1) is 0 Å². The molecule has 0 bridgehead atoms. The molecular weight excluding hydrogens is 66.9 g/mol. The smallest absolute Gasteiger partial charge is 0.179 e. The summed E-state index contributed by atoms with van der Waals surface area (Å²) in [6.45, 7) is 0. The Balaban J connectivity index is 2.80. The summed E-state index contributed by atoms with van der Waals surface area (Å²) in [5.41, 5.74) is 0. The molecule has 0 fully saturated rings. The molecule has 0 aliphatic rings. The van der Waals surface area contributed by atoms with E-state index in [1.807, 2.05) is 0 Å². The number of carbonyl (C=O) groups excluding carboxylic acids is 1. The number of hydrogen-bond donors (Lipinski definition) is 0. The van der Waals surface area contributed by atoms with Crippen molar-refractivity contribution in [1.82, 2.24) is 0 Å². The summed E-state index contributed by atoms with van der Waals surface area (Å²) in [5, 5.41) is 0.306. The van der Waals surface area contributed by atoms with Gasteiger partial charge in [0.1, 0.15) is 0 Å². The Bertz CT molecular complexity index is 31.0. The highest BCUT2D eigenvalue weighted by Gasteiger charge is 1.64. The fourth-order valence-electron chi connectivity index (χ4n) is 0. The van der Waals surface area contributed by atoms with E-state index in [1.54, 1.807) is 7.85 Å². The zero-order valence-electron chi connectivity index (χ0n) is 2.91. The summed E-state index contributed by atoms with van der Waals surface area (Å²) in [5.74, 6) is 0. The van der Waals surface area contributed by atoms with Crippen molar-refractivity contribution in [2.75, 3.05) is 0 Å². The van der Waals surface area contributed by atoms with Crippen molar-refractivity contribution in [2.24, 2.45) is 0 Å². The highest BCUT2D eigenvalue weighted by atomic mass is 28.1. The zero-order chi connectivity index (χ0) is 3.58. The van der Waals surface area contributed by atoms with Crippen LogP contribution < -0.4 is 0 Å². The fraction of sp³-hybridized carbons (Fsp3) is 0. The first-order chi connectivity index (χ1) is 1.73. The largest absolute Gasteiger partial charge is 0.318 e. The molecule has 0 atom stereocenters. The average Bonchev–Trinajstić information content (AvgIpc) is 0.811. The van der Waals surface area contributed by atoms with Crippen molar-refractivity contribution >= 4 is 23.4 Å². The molecule has 4 heavy (non-hydrogen) atoms. The van der Waals surface area contributed by atoms with E-state index in [0.717, 1.165) is 0 Å². The minimum absolute atomic E-state index is 0.306. The van der Waals surface area contributed by atoms with Gasteiger partial charge in [0.25, 0.3) is 0 Å². The second kappa shape index (κ2) is 1.29. The van der Waals surface area contributed by atoms with Crippen LogP contribution in [0.2, 0.25) is 0 Å². The lowest BCUT2D eigenvalue weighted by Gasteiger charge is -1.55. The molecule has 0 aliphatic carbocycles. The molecule has 0 aromatic carbocycles. The van der Waals surface area contributed by atoms with Crippen LogP contribution >= 0.6 is 0 Å². The summed E-state index contributed by atoms with van der Waals surface area (Å²) in [7, 11) is 2.30. The lowest BCUT2D eigenvalue weighted by Crippen LogP contribution is -1.85. The van der Waals surface area contributed by atoms with Crippen molar-refractivity contribution in [1.29, 1.82) is 0 Å². The Labute approximate surface area is 29.2 Å². The van der Waals surface area contributed by atoms with E-state index >= 15 is 0 Å². The van der Waals surface area contributed by atoms with Gasteiger partial charge in [-0.25, -0.2) is 0 Å². The second-order valence-electron chi connectivity index (χ2n) is 0.908. The van der Waals surface area contributed by atoms with E-state index in [1.165, 1.54) is 0 Å². The third-order valence-corrected chi connectivity index (χ3v) is 0. The summed E-state index contributed by atoms with van der Waals surface area (Å²) in [4.78, 5) is 9.51. The van der Waals surface area contributed by atoms with E-state index in [4.69, 9.17) is 0 Å². The van der Waals surface area contributed by atoms with Crippen molar-refractivity contribution in [3.8, 4) is 0 Å². The first-order valence-corrected chi connectivity index (χ1v) is 2.20. The molecule has 0 heterocycles. The molecule has 0 N–H and O–H groups in total. The van der Waals surface area contributed by atoms with Gasteiger partial charge in [0.05, 0.1) is 15.5 Å². The summed E-state index contributed by atoms with van der Waals surface area (Å²) >= 11 is 0. The maximum Gasteiger partial charge on any atom is 0.179 e. The molecule has 22 valence electrons. The summed E-state index contributed by atoms with van der Waals surface area (Å²) in [6, 6.07) is 0. The van der Waals surface area contributed by atoms with E-state index < -0.39 is 0 Å². The number of carbonyl (C=O) groups is 1. The molecule has 0 rings (SSSR count). The standard InChI is InChI=1S/CH5BOSi/c2-1(3)4/h2H2,4H3. The number of rotatable bonds is 0. The van der Waals surface area contributed by atoms with Crippen LogP contribution in [0.5, 0.6) is 0 Å². The van der Waals surface area contributed by atoms with E-state index in [9.17, 15) is 4.79 Å². The van der Waals surface area contributed by atoms with Crippen LogP contribution in [0.3, 0.4) is 0 Å². The van der Waals surface area contributed by atoms with Gasteiger partial charge in [0.15, 0.2) is 7.85 Å². The highest BCUT2D eigenvalue weighted by molar-refractivity contribution is 6.87. The monoisotopic (exact) mass is 72.0 g/mol. The van der Waals surface area contributed by atoms with E-state index in [-0.39, 0.29) is 0 Å². The molecule has 0 spiro atoms. The molecule has 0 aliphatic heterocycles. The molecule has 0 unspecified atom stereocenters. The van der Waals surface area contributed by atoms with Gasteiger partial charge in [0.2, 0.25) is 0 Å². The van der Waals surface area contributed by atoms with Gasteiger partial charge in [-0.2, -0.15) is 0 Å². The summed E-state index contributed by atoms with van der Waals surface area (Å²) in [6.07, 6.45) is 0. The van der Waals surface area contributed by atoms with Gasteiger partial charge < -0.3 is 4.79 Å². The van der Waals surface area contributed by atoms with Crippen molar-refractivity contribution < 1.29 is 4.79 Å². The topological polar surface area (TPSA) is 17.1 Å². The predicted octanol–water partition coefficient (Wildman–Crippen LogP) is -1.90. The second-order valence-corrected chi connectivity index (χ2v) is 2.32. The Hall–Kier alpha value is -0.0482. The van der Waals surface area contributed by atoms with E-state index in [0.29, 0.717) is 15.5 Å². The minimum atomic E-state index is 0.306. The molecule has 0 aromatic rings. The molecule has 3 heteroatoms. The van der Waals surface area contributed by atoms with Gasteiger partial charge >= 0.3 is 0 Å². The van der Waals surface area contributed by atoms with Crippen LogP contribution in [-0.2, 0) is 0 Å². The van der Waals surface area contributed by atoms with Gasteiger partial charge in [-0.3, -0.25) is 0 Å². The maximum atomic E-state index is 9.51. The van der Waals surface area contributed by atoms with Crippen LogP contribution in [0.4, 0.5) is 4.79 Å². The van der Waals surface area contributed by atoms with Crippen molar-refractivity contribution in [3.05, 3.63) is 0 Å². The highest BCUT2D eigenvalue weighted by Crippen LogP contribution is 1.40. The molecular formula is CH5BOSi. The summed E-state index contributed by atoms with van der Waals surface area (Å²) < 4.78 is 0. The lowest BCUT2D eigenvalue weighted by atomic mass is 10.2. The Morgan fingerprint density at radius 3 is 2.00 bits per heavy atom. The van der Waals surface area contributed by atoms with Gasteiger partial charge in [-0.05, 0) is 0 Å². The Morgan fingerprint density at radius 2 is 2.00 bits per heavy atom. The first-order valence-electron chi connectivity index (χ1n) is 1.20. The Kier molecular flexibility index (Phi) is 1.28. The molecule has 0 aromatic heterocycles. The van der Waals surface area contributed by atoms with Crippen molar-refractivity contribution in [2.45, 2.75) is 0 Å². The SMILES string of the molecule is BC(=O)[SiH3]. The molecule has 0 radical (unpaired) electrons. The molecule has 1 nitrogen and oxygen atoms in total. The minimum Gasteiger partial charge on any atom is -0.318 e. The number of hydrogen-bond acceptors (Lipinski definition) is 1. The Morgan fingerprint density at radius 1 is 2.00 bits per heavy atom. The normalized spacial score (nSPS) is 7.00. The van der Waals surface area contributed by atoms with Gasteiger partial charge in [0, 0.05) is 0 Å². The quantitative estimate of drug-likeness (QED) is 0.305. The maximum absolute atomic E-state index is 9.51. The van der Waals surface area contributed by atoms with Gasteiger partial charge in [-0.1, -0.05) is 0 Å². The predicted molar refractivity (Wildman–Crippen MR) is 23.9 cm³/mol. The van der Waals surface area contributed by atoms with Crippen molar-refractivity contribution in [3.63, 3.8) is 0 Å². The third kappa shape index (κ3) is 762. The molecule has 0 amide bonds. The van der Waals surface area contributed by atoms with Crippen LogP contribution in [0.25, 0.3) is 0 Å². The van der Waals surface area contributed by atoms with Crippen LogP contribution in [0, 0.1) is 0 Å². The molecule has 0 saturated carbocycles. The van der Waals surface area contributed by atoms with Crippen LogP contribution in [0.1, 0.15) is 0 Å². The third-order valence-electron chi connectivity index (χ3n) is 0. The molecule has 0 saturated heterocycles. The first kappa shape index (κ1) is 3.95. The zero-order valence-corrected chi connectivity index (χ0v) is 4.91. The van der Waals surface area contributed by atoms with Crippen LogP contribution in [0.15, 0.2) is 0 Å².